The van der Waals surface area contributed by atoms with Crippen molar-refractivity contribution < 1.29 is 0 Å². The van der Waals surface area contributed by atoms with Gasteiger partial charge in [0.15, 0.2) is 0 Å². The average molecular weight is 224 g/mol. The van der Waals surface area contributed by atoms with Crippen molar-refractivity contribution in [2.45, 2.75) is 19.8 Å². The molecule has 0 bridgehead atoms. The number of benzene rings is 1. The maximum Gasteiger partial charge on any atom is 0.0781 e. The van der Waals surface area contributed by atoms with E-state index in [1.165, 1.54) is 0 Å². The highest BCUT2D eigenvalue weighted by Gasteiger charge is 2.10. The van der Waals surface area contributed by atoms with Gasteiger partial charge in [-0.1, -0.05) is 54.7 Å². The smallest absolute Gasteiger partial charge is 0.0781 e. The van der Waals surface area contributed by atoms with Gasteiger partial charge in [-0.05, 0) is 17.5 Å². The van der Waals surface area contributed by atoms with E-state index in [0.717, 1.165) is 5.56 Å². The van der Waals surface area contributed by atoms with Crippen LogP contribution in [0.5, 0.6) is 0 Å². The molecule has 66 valence electrons. The molecular formula is C9H9Cl3. The van der Waals surface area contributed by atoms with Crippen LogP contribution in [0.25, 0.3) is 0 Å². The molecule has 0 amide bonds. The summed E-state index contributed by atoms with van der Waals surface area (Å²) in [6.45, 7) is 4.12. The highest BCUT2D eigenvalue weighted by atomic mass is 35.5. The van der Waals surface area contributed by atoms with E-state index in [1.807, 2.05) is 6.07 Å². The SMILES string of the molecule is CC(C)c1ccc(Cl)c(Cl)c1Cl. The van der Waals surface area contributed by atoms with Crippen molar-refractivity contribution in [3.05, 3.63) is 32.8 Å². The molecular weight excluding hydrogens is 214 g/mol. The Kier molecular flexibility index (Phi) is 3.28. The summed E-state index contributed by atoms with van der Waals surface area (Å²) in [5.74, 6) is 0.368. The molecule has 0 aromatic heterocycles. The minimum Gasteiger partial charge on any atom is -0.0827 e. The van der Waals surface area contributed by atoms with Crippen molar-refractivity contribution >= 4 is 34.8 Å². The number of hydrogen-bond acceptors (Lipinski definition) is 0. The Hall–Kier alpha value is 0.0900. The molecule has 1 rings (SSSR count). The van der Waals surface area contributed by atoms with Gasteiger partial charge < -0.3 is 0 Å². The van der Waals surface area contributed by atoms with Crippen molar-refractivity contribution in [2.24, 2.45) is 0 Å². The maximum absolute atomic E-state index is 5.98. The standard InChI is InChI=1S/C9H9Cl3/c1-5(2)6-3-4-7(10)9(12)8(6)11/h3-5H,1-2H3. The molecule has 0 N–H and O–H groups in total. The Morgan fingerprint density at radius 3 is 2.08 bits per heavy atom. The lowest BCUT2D eigenvalue weighted by atomic mass is 10.0. The summed E-state index contributed by atoms with van der Waals surface area (Å²) in [7, 11) is 0. The highest BCUT2D eigenvalue weighted by molar-refractivity contribution is 6.48. The highest BCUT2D eigenvalue weighted by Crippen LogP contribution is 2.35. The van der Waals surface area contributed by atoms with E-state index >= 15 is 0 Å². The zero-order valence-electron chi connectivity index (χ0n) is 6.87. The largest absolute Gasteiger partial charge is 0.0827 e. The van der Waals surface area contributed by atoms with Crippen LogP contribution in [0.1, 0.15) is 25.3 Å². The average Bonchev–Trinajstić information content (AvgIpc) is 2.00. The van der Waals surface area contributed by atoms with Crippen molar-refractivity contribution in [2.75, 3.05) is 0 Å². The van der Waals surface area contributed by atoms with E-state index in [1.54, 1.807) is 6.07 Å². The molecule has 0 saturated carbocycles. The Bertz CT molecular complexity index is 292. The van der Waals surface area contributed by atoms with Gasteiger partial charge in [0, 0.05) is 0 Å². The van der Waals surface area contributed by atoms with Crippen LogP contribution in [0.2, 0.25) is 15.1 Å². The fourth-order valence-electron chi connectivity index (χ4n) is 0.987. The normalized spacial score (nSPS) is 10.8. The zero-order chi connectivity index (χ0) is 9.30. The summed E-state index contributed by atoms with van der Waals surface area (Å²) in [4.78, 5) is 0. The number of halogens is 3. The maximum atomic E-state index is 5.98. The molecule has 3 heteroatoms. The number of hydrogen-bond donors (Lipinski definition) is 0. The minimum atomic E-state index is 0.368. The molecule has 0 spiro atoms. The van der Waals surface area contributed by atoms with Crippen LogP contribution < -0.4 is 0 Å². The first-order chi connectivity index (χ1) is 5.54. The summed E-state index contributed by atoms with van der Waals surface area (Å²) in [5, 5.41) is 1.52. The van der Waals surface area contributed by atoms with Crippen LogP contribution in [0.15, 0.2) is 12.1 Å². The predicted molar refractivity (Wildman–Crippen MR) is 55.6 cm³/mol. The van der Waals surface area contributed by atoms with Gasteiger partial charge >= 0.3 is 0 Å². The third-order valence-electron chi connectivity index (χ3n) is 1.69. The van der Waals surface area contributed by atoms with Gasteiger partial charge in [0.2, 0.25) is 0 Å². The molecule has 12 heavy (non-hydrogen) atoms. The van der Waals surface area contributed by atoms with Crippen molar-refractivity contribution in [1.29, 1.82) is 0 Å². The molecule has 0 nitrogen and oxygen atoms in total. The molecule has 0 atom stereocenters. The third kappa shape index (κ3) is 1.87. The summed E-state index contributed by atoms with van der Waals surface area (Å²) in [6, 6.07) is 3.67. The van der Waals surface area contributed by atoms with E-state index in [-0.39, 0.29) is 0 Å². The summed E-state index contributed by atoms with van der Waals surface area (Å²) in [5.41, 5.74) is 1.03. The van der Waals surface area contributed by atoms with E-state index in [0.29, 0.717) is 21.0 Å². The van der Waals surface area contributed by atoms with Crippen molar-refractivity contribution in [1.82, 2.24) is 0 Å². The molecule has 0 aliphatic heterocycles. The Morgan fingerprint density at radius 2 is 1.58 bits per heavy atom. The molecule has 0 unspecified atom stereocenters. The van der Waals surface area contributed by atoms with Crippen molar-refractivity contribution in [3.63, 3.8) is 0 Å². The second kappa shape index (κ2) is 3.87. The molecule has 1 aromatic carbocycles. The molecule has 0 fully saturated rings. The Balaban J connectivity index is 3.27. The monoisotopic (exact) mass is 222 g/mol. The van der Waals surface area contributed by atoms with Crippen LogP contribution in [0, 0.1) is 0 Å². The van der Waals surface area contributed by atoms with Crippen LogP contribution >= 0.6 is 34.8 Å². The van der Waals surface area contributed by atoms with Crippen LogP contribution in [-0.4, -0.2) is 0 Å². The van der Waals surface area contributed by atoms with E-state index < -0.39 is 0 Å². The minimum absolute atomic E-state index is 0.368. The van der Waals surface area contributed by atoms with Crippen LogP contribution in [0.4, 0.5) is 0 Å². The Labute approximate surface area is 87.4 Å². The van der Waals surface area contributed by atoms with Gasteiger partial charge in [0.05, 0.1) is 15.1 Å². The van der Waals surface area contributed by atoms with Gasteiger partial charge in [0.25, 0.3) is 0 Å². The third-order valence-corrected chi connectivity index (χ3v) is 3.00. The number of rotatable bonds is 1. The lowest BCUT2D eigenvalue weighted by Crippen LogP contribution is -1.89. The fraction of sp³-hybridized carbons (Fsp3) is 0.333. The summed E-state index contributed by atoms with van der Waals surface area (Å²) < 4.78 is 0. The summed E-state index contributed by atoms with van der Waals surface area (Å²) in [6.07, 6.45) is 0. The molecule has 1 aromatic rings. The molecule has 0 aliphatic rings. The van der Waals surface area contributed by atoms with Crippen LogP contribution in [-0.2, 0) is 0 Å². The van der Waals surface area contributed by atoms with E-state index in [9.17, 15) is 0 Å². The van der Waals surface area contributed by atoms with Crippen molar-refractivity contribution in [3.8, 4) is 0 Å². The fourth-order valence-corrected chi connectivity index (χ4v) is 1.75. The first-order valence-electron chi connectivity index (χ1n) is 3.67. The molecule has 0 aliphatic carbocycles. The topological polar surface area (TPSA) is 0 Å². The van der Waals surface area contributed by atoms with Gasteiger partial charge in [-0.15, -0.1) is 0 Å². The zero-order valence-corrected chi connectivity index (χ0v) is 9.13. The van der Waals surface area contributed by atoms with Gasteiger partial charge in [-0.2, -0.15) is 0 Å². The van der Waals surface area contributed by atoms with Gasteiger partial charge in [0.1, 0.15) is 0 Å². The van der Waals surface area contributed by atoms with E-state index in [4.69, 9.17) is 34.8 Å². The molecule has 0 radical (unpaired) electrons. The van der Waals surface area contributed by atoms with Gasteiger partial charge in [-0.3, -0.25) is 0 Å². The van der Waals surface area contributed by atoms with Gasteiger partial charge in [-0.25, -0.2) is 0 Å². The predicted octanol–water partition coefficient (Wildman–Crippen LogP) is 4.77. The molecule has 0 saturated heterocycles. The second-order valence-electron chi connectivity index (χ2n) is 2.92. The lowest BCUT2D eigenvalue weighted by Gasteiger charge is -2.09. The second-order valence-corrected chi connectivity index (χ2v) is 4.08. The lowest BCUT2D eigenvalue weighted by molar-refractivity contribution is 0.867. The quantitative estimate of drug-likeness (QED) is 0.602. The first kappa shape index (κ1) is 10.2. The summed E-state index contributed by atoms with van der Waals surface area (Å²) >= 11 is 17.6. The van der Waals surface area contributed by atoms with E-state index in [2.05, 4.69) is 13.8 Å². The first-order valence-corrected chi connectivity index (χ1v) is 4.80. The molecule has 0 heterocycles. The van der Waals surface area contributed by atoms with Crippen LogP contribution in [0.3, 0.4) is 0 Å². The Morgan fingerprint density at radius 1 is 1.00 bits per heavy atom.